The highest BCUT2D eigenvalue weighted by atomic mass is 15.2. The number of aryl methyl sites for hydroxylation is 1. The lowest BCUT2D eigenvalue weighted by molar-refractivity contribution is 0.118. The lowest BCUT2D eigenvalue weighted by atomic mass is 9.85. The summed E-state index contributed by atoms with van der Waals surface area (Å²) in [4.78, 5) is 7.04. The van der Waals surface area contributed by atoms with Crippen LogP contribution in [0.5, 0.6) is 0 Å². The molecule has 1 aromatic heterocycles. The molecule has 4 nitrogen and oxygen atoms in total. The number of piperidine rings is 1. The smallest absolute Gasteiger partial charge is 0.125 e. The van der Waals surface area contributed by atoms with Crippen LogP contribution in [0.25, 0.3) is 0 Å². The third-order valence-electron chi connectivity index (χ3n) is 5.03. The minimum atomic E-state index is 0.108. The summed E-state index contributed by atoms with van der Waals surface area (Å²) in [5.41, 5.74) is 6.49. The number of hydrogen-bond donors (Lipinski definition) is 1. The van der Waals surface area contributed by atoms with Crippen molar-refractivity contribution in [2.45, 2.75) is 57.3 Å². The minimum absolute atomic E-state index is 0.108. The molecule has 100 valence electrons. The van der Waals surface area contributed by atoms with E-state index in [9.17, 15) is 0 Å². The molecular formula is C14H24N4. The zero-order chi connectivity index (χ0) is 12.7. The van der Waals surface area contributed by atoms with E-state index >= 15 is 0 Å². The fourth-order valence-electron chi connectivity index (χ4n) is 3.84. The fraction of sp³-hybridized carbons (Fsp3) is 0.786. The van der Waals surface area contributed by atoms with E-state index in [1.165, 1.54) is 25.7 Å². The van der Waals surface area contributed by atoms with Gasteiger partial charge in [0.15, 0.2) is 0 Å². The first-order valence-corrected chi connectivity index (χ1v) is 7.19. The number of hydrogen-bond acceptors (Lipinski definition) is 3. The molecule has 2 saturated heterocycles. The quantitative estimate of drug-likeness (QED) is 0.887. The van der Waals surface area contributed by atoms with Crippen molar-refractivity contribution >= 4 is 0 Å². The number of fused-ring (bicyclic) bond motifs is 2. The standard InChI is InChI=1S/C14H24N4/c1-3-18-7-6-16-14(18)13(15)10-8-11-4-5-12(9-10)17(11)2/h6-7,10-13H,3-5,8-9,15H2,1-2H3. The van der Waals surface area contributed by atoms with Gasteiger partial charge in [-0.3, -0.25) is 0 Å². The number of aromatic nitrogens is 2. The molecule has 2 fully saturated rings. The van der Waals surface area contributed by atoms with E-state index < -0.39 is 0 Å². The van der Waals surface area contributed by atoms with Gasteiger partial charge in [0.05, 0.1) is 6.04 Å². The maximum atomic E-state index is 6.49. The Morgan fingerprint density at radius 1 is 1.39 bits per heavy atom. The van der Waals surface area contributed by atoms with Crippen LogP contribution in [-0.4, -0.2) is 33.6 Å². The number of nitrogens with zero attached hydrogens (tertiary/aromatic N) is 3. The van der Waals surface area contributed by atoms with E-state index in [2.05, 4.69) is 28.4 Å². The Morgan fingerprint density at radius 3 is 2.67 bits per heavy atom. The molecule has 2 aliphatic heterocycles. The summed E-state index contributed by atoms with van der Waals surface area (Å²) in [6.07, 6.45) is 9.11. The van der Waals surface area contributed by atoms with Crippen molar-refractivity contribution < 1.29 is 0 Å². The van der Waals surface area contributed by atoms with Gasteiger partial charge < -0.3 is 15.2 Å². The second-order valence-corrected chi connectivity index (χ2v) is 5.88. The first kappa shape index (κ1) is 12.2. The number of nitrogens with two attached hydrogens (primary N) is 1. The highest BCUT2D eigenvalue weighted by Gasteiger charge is 2.41. The van der Waals surface area contributed by atoms with Gasteiger partial charge in [-0.1, -0.05) is 0 Å². The normalized spacial score (nSPS) is 33.8. The molecule has 2 bridgehead atoms. The van der Waals surface area contributed by atoms with Crippen LogP contribution in [0, 0.1) is 5.92 Å². The molecule has 4 heteroatoms. The van der Waals surface area contributed by atoms with Crippen molar-refractivity contribution in [3.63, 3.8) is 0 Å². The van der Waals surface area contributed by atoms with Gasteiger partial charge in [-0.25, -0.2) is 4.98 Å². The minimum Gasteiger partial charge on any atom is -0.334 e. The second kappa shape index (κ2) is 4.67. The average molecular weight is 248 g/mol. The first-order valence-electron chi connectivity index (χ1n) is 7.19. The Kier molecular flexibility index (Phi) is 3.16. The van der Waals surface area contributed by atoms with E-state index in [-0.39, 0.29) is 6.04 Å². The number of rotatable bonds is 3. The van der Waals surface area contributed by atoms with E-state index in [1.54, 1.807) is 0 Å². The molecule has 2 aliphatic rings. The molecule has 0 aliphatic carbocycles. The first-order chi connectivity index (χ1) is 8.70. The van der Waals surface area contributed by atoms with Crippen LogP contribution >= 0.6 is 0 Å². The largest absolute Gasteiger partial charge is 0.334 e. The Balaban J connectivity index is 1.76. The van der Waals surface area contributed by atoms with Crippen molar-refractivity contribution in [3.05, 3.63) is 18.2 Å². The molecule has 1 aromatic rings. The average Bonchev–Trinajstić information content (AvgIpc) is 2.90. The molecule has 3 atom stereocenters. The fourth-order valence-corrected chi connectivity index (χ4v) is 3.84. The molecule has 2 N–H and O–H groups in total. The highest BCUT2D eigenvalue weighted by Crippen LogP contribution is 2.41. The lowest BCUT2D eigenvalue weighted by Crippen LogP contribution is -2.43. The lowest BCUT2D eigenvalue weighted by Gasteiger charge is -2.38. The summed E-state index contributed by atoms with van der Waals surface area (Å²) < 4.78 is 2.19. The molecule has 0 spiro atoms. The molecular weight excluding hydrogens is 224 g/mol. The Bertz CT molecular complexity index is 400. The van der Waals surface area contributed by atoms with Gasteiger partial charge in [-0.15, -0.1) is 0 Å². The van der Waals surface area contributed by atoms with Crippen molar-refractivity contribution in [2.75, 3.05) is 7.05 Å². The zero-order valence-electron chi connectivity index (χ0n) is 11.4. The Labute approximate surface area is 109 Å². The predicted octanol–water partition coefficient (Wildman–Crippen LogP) is 1.78. The van der Waals surface area contributed by atoms with E-state index in [0.717, 1.165) is 24.5 Å². The predicted molar refractivity (Wildman–Crippen MR) is 72.1 cm³/mol. The van der Waals surface area contributed by atoms with Gasteiger partial charge in [0.2, 0.25) is 0 Å². The SMILES string of the molecule is CCn1ccnc1C(N)C1CC2CCC(C1)N2C. The number of imidazole rings is 1. The van der Waals surface area contributed by atoms with Crippen molar-refractivity contribution in [2.24, 2.45) is 11.7 Å². The van der Waals surface area contributed by atoms with Crippen LogP contribution in [0.3, 0.4) is 0 Å². The van der Waals surface area contributed by atoms with Gasteiger partial charge in [0.1, 0.15) is 5.82 Å². The maximum Gasteiger partial charge on any atom is 0.125 e. The van der Waals surface area contributed by atoms with E-state index in [0.29, 0.717) is 5.92 Å². The summed E-state index contributed by atoms with van der Waals surface area (Å²) in [7, 11) is 2.27. The van der Waals surface area contributed by atoms with Crippen LogP contribution in [0.1, 0.15) is 44.5 Å². The summed E-state index contributed by atoms with van der Waals surface area (Å²) >= 11 is 0. The second-order valence-electron chi connectivity index (χ2n) is 5.88. The molecule has 0 aromatic carbocycles. The molecule has 3 rings (SSSR count). The van der Waals surface area contributed by atoms with E-state index in [4.69, 9.17) is 5.73 Å². The van der Waals surface area contributed by atoms with Gasteiger partial charge >= 0.3 is 0 Å². The summed E-state index contributed by atoms with van der Waals surface area (Å²) in [5, 5.41) is 0. The van der Waals surface area contributed by atoms with Crippen LogP contribution in [0.2, 0.25) is 0 Å². The van der Waals surface area contributed by atoms with Crippen molar-refractivity contribution in [1.29, 1.82) is 0 Å². The zero-order valence-corrected chi connectivity index (χ0v) is 11.4. The van der Waals surface area contributed by atoms with Gasteiger partial charge in [0.25, 0.3) is 0 Å². The van der Waals surface area contributed by atoms with Crippen LogP contribution < -0.4 is 5.73 Å². The highest BCUT2D eigenvalue weighted by molar-refractivity contribution is 5.04. The topological polar surface area (TPSA) is 47.1 Å². The molecule has 3 heterocycles. The van der Waals surface area contributed by atoms with Crippen molar-refractivity contribution in [3.8, 4) is 0 Å². The van der Waals surface area contributed by atoms with Crippen LogP contribution in [0.15, 0.2) is 12.4 Å². The molecule has 0 saturated carbocycles. The van der Waals surface area contributed by atoms with Gasteiger partial charge in [0, 0.05) is 31.0 Å². The third kappa shape index (κ3) is 1.88. The van der Waals surface area contributed by atoms with Crippen LogP contribution in [0.4, 0.5) is 0 Å². The van der Waals surface area contributed by atoms with Gasteiger partial charge in [-0.2, -0.15) is 0 Å². The Morgan fingerprint density at radius 2 is 2.06 bits per heavy atom. The molecule has 3 unspecified atom stereocenters. The molecule has 0 amide bonds. The molecule has 18 heavy (non-hydrogen) atoms. The summed E-state index contributed by atoms with van der Waals surface area (Å²) in [6, 6.07) is 1.62. The Hall–Kier alpha value is -0.870. The molecule has 0 radical (unpaired) electrons. The monoisotopic (exact) mass is 248 g/mol. The van der Waals surface area contributed by atoms with Gasteiger partial charge in [-0.05, 0) is 45.6 Å². The summed E-state index contributed by atoms with van der Waals surface area (Å²) in [6.45, 7) is 3.11. The van der Waals surface area contributed by atoms with Crippen LogP contribution in [-0.2, 0) is 6.54 Å². The van der Waals surface area contributed by atoms with E-state index in [1.807, 2.05) is 12.4 Å². The maximum absolute atomic E-state index is 6.49. The summed E-state index contributed by atoms with van der Waals surface area (Å²) in [5.74, 6) is 1.68. The van der Waals surface area contributed by atoms with Crippen molar-refractivity contribution in [1.82, 2.24) is 14.5 Å². The third-order valence-corrected chi connectivity index (χ3v) is 5.03.